The molecule has 6 N–H and O–H groups in total. The summed E-state index contributed by atoms with van der Waals surface area (Å²) in [6.07, 6.45) is 3.47. The maximum atomic E-state index is 14.7. The maximum Gasteiger partial charge on any atom is 0.269 e. The Hall–Kier alpha value is -3.73. The Morgan fingerprint density at radius 3 is 2.58 bits per heavy atom. The summed E-state index contributed by atoms with van der Waals surface area (Å²) in [6, 6.07) is 7.04. The molecule has 1 amide bonds. The quantitative estimate of drug-likeness (QED) is 0.446. The molecule has 0 bridgehead atoms. The van der Waals surface area contributed by atoms with Gasteiger partial charge in [0.2, 0.25) is 0 Å². The van der Waals surface area contributed by atoms with Crippen molar-refractivity contribution in [2.45, 2.75) is 37.3 Å². The molecule has 1 unspecified atom stereocenters. The van der Waals surface area contributed by atoms with Crippen LogP contribution < -0.4 is 22.1 Å². The minimum Gasteiger partial charge on any atom is -0.365 e. The highest BCUT2D eigenvalue weighted by molar-refractivity contribution is 5.98. The molecule has 1 aliphatic carbocycles. The number of primary amides is 1. The molecule has 1 aromatic carbocycles. The van der Waals surface area contributed by atoms with E-state index in [1.165, 1.54) is 0 Å². The van der Waals surface area contributed by atoms with Gasteiger partial charge in [-0.1, -0.05) is 12.1 Å². The van der Waals surface area contributed by atoms with Gasteiger partial charge in [0.05, 0.1) is 5.56 Å². The Morgan fingerprint density at radius 2 is 1.88 bits per heavy atom. The lowest BCUT2D eigenvalue weighted by Gasteiger charge is -2.36. The first-order chi connectivity index (χ1) is 15.7. The number of hydrogen-bond donors (Lipinski definition) is 4. The molecule has 0 spiro atoms. The van der Waals surface area contributed by atoms with Crippen LogP contribution in [-0.4, -0.2) is 38.9 Å². The first kappa shape index (κ1) is 22.5. The van der Waals surface area contributed by atoms with E-state index in [-0.39, 0.29) is 24.2 Å². The van der Waals surface area contributed by atoms with Gasteiger partial charge in [0.25, 0.3) is 11.8 Å². The SMILES string of the molecule is NC(=O)c1cc(F)c(NC2[C@@H](N)CCCC2(F)F)nc1Nc1cccc(-c2ncccn2)c1. The van der Waals surface area contributed by atoms with Gasteiger partial charge in [0.1, 0.15) is 11.9 Å². The van der Waals surface area contributed by atoms with E-state index in [2.05, 4.69) is 25.6 Å². The van der Waals surface area contributed by atoms with Crippen LogP contribution in [0.4, 0.5) is 30.5 Å². The molecule has 1 fully saturated rings. The Labute approximate surface area is 187 Å². The van der Waals surface area contributed by atoms with Crippen molar-refractivity contribution < 1.29 is 18.0 Å². The van der Waals surface area contributed by atoms with E-state index in [0.29, 0.717) is 23.5 Å². The smallest absolute Gasteiger partial charge is 0.269 e. The van der Waals surface area contributed by atoms with Gasteiger partial charge in [-0.2, -0.15) is 0 Å². The second kappa shape index (κ2) is 9.02. The lowest BCUT2D eigenvalue weighted by molar-refractivity contribution is -0.0512. The summed E-state index contributed by atoms with van der Waals surface area (Å²) in [5.74, 6) is -5.13. The first-order valence-electron chi connectivity index (χ1n) is 10.3. The third-order valence-electron chi connectivity index (χ3n) is 5.41. The van der Waals surface area contributed by atoms with Crippen molar-refractivity contribution in [3.63, 3.8) is 0 Å². The Morgan fingerprint density at radius 1 is 1.12 bits per heavy atom. The summed E-state index contributed by atoms with van der Waals surface area (Å²) in [7, 11) is 0. The fraction of sp³-hybridized carbons (Fsp3) is 0.273. The van der Waals surface area contributed by atoms with Crippen LogP contribution in [0.15, 0.2) is 48.8 Å². The number of nitrogens with zero attached hydrogens (tertiary/aromatic N) is 3. The number of anilines is 3. The van der Waals surface area contributed by atoms with Crippen molar-refractivity contribution in [1.29, 1.82) is 0 Å². The highest BCUT2D eigenvalue weighted by Crippen LogP contribution is 2.35. The minimum atomic E-state index is -3.13. The van der Waals surface area contributed by atoms with Gasteiger partial charge >= 0.3 is 0 Å². The lowest BCUT2D eigenvalue weighted by atomic mass is 9.87. The summed E-state index contributed by atoms with van der Waals surface area (Å²) in [4.78, 5) is 24.3. The van der Waals surface area contributed by atoms with Gasteiger partial charge in [-0.15, -0.1) is 0 Å². The van der Waals surface area contributed by atoms with Crippen LogP contribution in [0.5, 0.6) is 0 Å². The summed E-state index contributed by atoms with van der Waals surface area (Å²) >= 11 is 0. The molecule has 172 valence electrons. The summed E-state index contributed by atoms with van der Waals surface area (Å²) in [6.45, 7) is 0. The normalized spacial score (nSPS) is 19.6. The highest BCUT2D eigenvalue weighted by atomic mass is 19.3. The number of nitrogens with one attached hydrogen (secondary N) is 2. The minimum absolute atomic E-state index is 0.0924. The van der Waals surface area contributed by atoms with Gasteiger partial charge in [-0.3, -0.25) is 4.79 Å². The molecule has 0 aliphatic heterocycles. The predicted molar refractivity (Wildman–Crippen MR) is 118 cm³/mol. The fourth-order valence-electron chi connectivity index (χ4n) is 3.76. The van der Waals surface area contributed by atoms with Crippen LogP contribution in [0.25, 0.3) is 11.4 Å². The van der Waals surface area contributed by atoms with Gasteiger partial charge in [-0.05, 0) is 37.1 Å². The predicted octanol–water partition coefficient (Wildman–Crippen LogP) is 3.45. The number of amides is 1. The number of carbonyl (C=O) groups excluding carboxylic acids is 1. The number of rotatable bonds is 6. The molecule has 8 nitrogen and oxygen atoms in total. The molecule has 4 rings (SSSR count). The maximum absolute atomic E-state index is 14.7. The number of hydrogen-bond acceptors (Lipinski definition) is 7. The van der Waals surface area contributed by atoms with Crippen molar-refractivity contribution >= 4 is 23.2 Å². The van der Waals surface area contributed by atoms with Gasteiger partial charge < -0.3 is 22.1 Å². The number of carbonyl (C=O) groups is 1. The van der Waals surface area contributed by atoms with Crippen LogP contribution in [-0.2, 0) is 0 Å². The molecule has 3 aromatic rings. The molecule has 1 saturated carbocycles. The molecule has 33 heavy (non-hydrogen) atoms. The fourth-order valence-corrected chi connectivity index (χ4v) is 3.76. The number of benzene rings is 1. The second-order valence-electron chi connectivity index (χ2n) is 7.80. The van der Waals surface area contributed by atoms with Crippen molar-refractivity contribution in [2.24, 2.45) is 11.5 Å². The van der Waals surface area contributed by atoms with Crippen molar-refractivity contribution in [3.05, 3.63) is 60.2 Å². The zero-order valence-electron chi connectivity index (χ0n) is 17.4. The molecular formula is C22H22F3N7O. The van der Waals surface area contributed by atoms with Gasteiger partial charge in [-0.25, -0.2) is 28.1 Å². The van der Waals surface area contributed by atoms with Crippen LogP contribution in [0.1, 0.15) is 29.6 Å². The van der Waals surface area contributed by atoms with E-state index in [9.17, 15) is 18.0 Å². The average molecular weight is 457 g/mol. The molecule has 2 atom stereocenters. The van der Waals surface area contributed by atoms with E-state index < -0.39 is 35.5 Å². The highest BCUT2D eigenvalue weighted by Gasteiger charge is 2.46. The summed E-state index contributed by atoms with van der Waals surface area (Å²) in [5, 5.41) is 5.35. The van der Waals surface area contributed by atoms with E-state index in [1.807, 2.05) is 0 Å². The van der Waals surface area contributed by atoms with Crippen molar-refractivity contribution in [1.82, 2.24) is 15.0 Å². The molecule has 2 aromatic heterocycles. The number of aromatic nitrogens is 3. The summed E-state index contributed by atoms with van der Waals surface area (Å²) < 4.78 is 43.5. The monoisotopic (exact) mass is 457 g/mol. The zero-order chi connectivity index (χ0) is 23.6. The third kappa shape index (κ3) is 4.87. The lowest BCUT2D eigenvalue weighted by Crippen LogP contribution is -2.55. The summed E-state index contributed by atoms with van der Waals surface area (Å²) in [5.41, 5.74) is 12.2. The third-order valence-corrected chi connectivity index (χ3v) is 5.41. The Balaban J connectivity index is 1.67. The van der Waals surface area contributed by atoms with Crippen LogP contribution in [0.2, 0.25) is 0 Å². The molecule has 11 heteroatoms. The van der Waals surface area contributed by atoms with Crippen molar-refractivity contribution in [2.75, 3.05) is 10.6 Å². The van der Waals surface area contributed by atoms with Crippen LogP contribution in [0, 0.1) is 5.82 Å². The molecular weight excluding hydrogens is 435 g/mol. The van der Waals surface area contributed by atoms with E-state index in [4.69, 9.17) is 11.5 Å². The average Bonchev–Trinajstić information content (AvgIpc) is 2.78. The van der Waals surface area contributed by atoms with Gasteiger partial charge in [0, 0.05) is 36.1 Å². The molecule has 0 saturated heterocycles. The van der Waals surface area contributed by atoms with Crippen molar-refractivity contribution in [3.8, 4) is 11.4 Å². The van der Waals surface area contributed by atoms with Gasteiger partial charge in [0.15, 0.2) is 17.5 Å². The zero-order valence-corrected chi connectivity index (χ0v) is 17.4. The topological polar surface area (TPSA) is 132 Å². The van der Waals surface area contributed by atoms with E-state index >= 15 is 0 Å². The first-order valence-corrected chi connectivity index (χ1v) is 10.3. The Kier molecular flexibility index (Phi) is 6.14. The van der Waals surface area contributed by atoms with Crippen LogP contribution >= 0.6 is 0 Å². The number of halogens is 3. The molecule has 1 aliphatic rings. The Bertz CT molecular complexity index is 1160. The second-order valence-corrected chi connectivity index (χ2v) is 7.80. The largest absolute Gasteiger partial charge is 0.365 e. The van der Waals surface area contributed by atoms with Crippen LogP contribution in [0.3, 0.4) is 0 Å². The number of nitrogens with two attached hydrogens (primary N) is 2. The van der Waals surface area contributed by atoms with E-state index in [0.717, 1.165) is 6.07 Å². The van der Waals surface area contributed by atoms with E-state index in [1.54, 1.807) is 42.7 Å². The molecule has 2 heterocycles. The standard InChI is InChI=1S/C22H22F3N7O/c23-15-11-14(18(27)33)20(32-21(15)31-17-16(26)6-2-7-22(17,24)25)30-13-5-1-4-12(10-13)19-28-8-3-9-29-19/h1,3-5,8-11,16-17H,2,6-7,26H2,(H2,27,33)(H2,30,31,32)/t16-,17?/m0/s1. The number of alkyl halides is 2. The molecule has 0 radical (unpaired) electrons. The number of pyridine rings is 1.